The van der Waals surface area contributed by atoms with E-state index in [0.29, 0.717) is 28.7 Å². The van der Waals surface area contributed by atoms with Gasteiger partial charge in [-0.1, -0.05) is 37.1 Å². The van der Waals surface area contributed by atoms with E-state index in [-0.39, 0.29) is 5.91 Å². The number of unbranched alkanes of at least 4 members (excludes halogenated alkanes) is 1. The molecule has 0 aliphatic heterocycles. The number of hydrazone groups is 1. The van der Waals surface area contributed by atoms with Crippen LogP contribution in [0.3, 0.4) is 0 Å². The van der Waals surface area contributed by atoms with Gasteiger partial charge in [-0.05, 0) is 42.3 Å². The summed E-state index contributed by atoms with van der Waals surface area (Å²) >= 11 is 5.98. The Bertz CT molecular complexity index is 747. The monoisotopic (exact) mass is 360 g/mol. The summed E-state index contributed by atoms with van der Waals surface area (Å²) in [5.41, 5.74) is 3.61. The molecule has 132 valence electrons. The third kappa shape index (κ3) is 5.50. The van der Waals surface area contributed by atoms with Gasteiger partial charge in [-0.2, -0.15) is 5.10 Å². The normalized spacial score (nSPS) is 10.7. The molecule has 2 aromatic rings. The minimum atomic E-state index is -0.367. The molecule has 0 atom stereocenters. The van der Waals surface area contributed by atoms with Gasteiger partial charge in [0.2, 0.25) is 0 Å². The number of carbonyl (C=O) groups is 1. The van der Waals surface area contributed by atoms with Crippen LogP contribution in [0.5, 0.6) is 11.5 Å². The van der Waals surface area contributed by atoms with Gasteiger partial charge in [0.15, 0.2) is 11.5 Å². The second-order valence-corrected chi connectivity index (χ2v) is 5.70. The lowest BCUT2D eigenvalue weighted by atomic mass is 10.2. The highest BCUT2D eigenvalue weighted by Gasteiger charge is 2.08. The molecule has 2 aromatic carbocycles. The van der Waals surface area contributed by atoms with Crippen molar-refractivity contribution >= 4 is 23.7 Å². The van der Waals surface area contributed by atoms with E-state index in [2.05, 4.69) is 17.5 Å². The van der Waals surface area contributed by atoms with Crippen LogP contribution < -0.4 is 14.9 Å². The van der Waals surface area contributed by atoms with Crippen LogP contribution in [0.25, 0.3) is 0 Å². The number of hydrogen-bond acceptors (Lipinski definition) is 4. The van der Waals surface area contributed by atoms with E-state index in [1.807, 2.05) is 12.1 Å². The Hall–Kier alpha value is -2.53. The first kappa shape index (κ1) is 18.8. The van der Waals surface area contributed by atoms with Crippen molar-refractivity contribution < 1.29 is 14.3 Å². The molecule has 6 heteroatoms. The predicted molar refractivity (Wildman–Crippen MR) is 99.9 cm³/mol. The van der Waals surface area contributed by atoms with Crippen LogP contribution in [0.2, 0.25) is 5.02 Å². The molecule has 0 aliphatic rings. The van der Waals surface area contributed by atoms with Crippen molar-refractivity contribution in [2.75, 3.05) is 13.7 Å². The lowest BCUT2D eigenvalue weighted by Crippen LogP contribution is -2.17. The minimum absolute atomic E-state index is 0.367. The number of benzene rings is 2. The molecule has 1 amide bonds. The van der Waals surface area contributed by atoms with Gasteiger partial charge >= 0.3 is 0 Å². The lowest BCUT2D eigenvalue weighted by molar-refractivity contribution is 0.0955. The molecule has 0 aromatic heterocycles. The third-order valence-electron chi connectivity index (χ3n) is 3.44. The molecule has 0 unspecified atom stereocenters. The fourth-order valence-corrected chi connectivity index (χ4v) is 2.30. The molecule has 1 N–H and O–H groups in total. The zero-order valence-corrected chi connectivity index (χ0v) is 15.0. The smallest absolute Gasteiger partial charge is 0.272 e. The van der Waals surface area contributed by atoms with Crippen LogP contribution in [0.1, 0.15) is 35.7 Å². The number of carbonyl (C=O) groups excluding carboxylic acids is 1. The molecule has 0 aliphatic carbocycles. The van der Waals surface area contributed by atoms with E-state index >= 15 is 0 Å². The van der Waals surface area contributed by atoms with Gasteiger partial charge in [0.1, 0.15) is 0 Å². The van der Waals surface area contributed by atoms with Crippen LogP contribution in [-0.2, 0) is 0 Å². The first-order valence-corrected chi connectivity index (χ1v) is 8.42. The van der Waals surface area contributed by atoms with Crippen LogP contribution in [0, 0.1) is 0 Å². The summed E-state index contributed by atoms with van der Waals surface area (Å²) in [6.07, 6.45) is 3.59. The average molecular weight is 361 g/mol. The zero-order chi connectivity index (χ0) is 18.1. The first-order chi connectivity index (χ1) is 12.2. The van der Waals surface area contributed by atoms with Gasteiger partial charge in [-0.3, -0.25) is 4.79 Å². The molecule has 0 fully saturated rings. The summed E-state index contributed by atoms with van der Waals surface area (Å²) in [6, 6.07) is 12.3. The van der Waals surface area contributed by atoms with Crippen LogP contribution in [-0.4, -0.2) is 25.8 Å². The second-order valence-electron chi connectivity index (χ2n) is 5.29. The second kappa shape index (κ2) is 9.69. The maximum atomic E-state index is 12.0. The lowest BCUT2D eigenvalue weighted by Gasteiger charge is -2.10. The van der Waals surface area contributed by atoms with Gasteiger partial charge in [0.05, 0.1) is 30.5 Å². The highest BCUT2D eigenvalue weighted by Crippen LogP contribution is 2.27. The topological polar surface area (TPSA) is 59.9 Å². The SMILES string of the molecule is CCCCOc1ccc(/C=N\NC(=O)c2ccccc2Cl)cc1OC. The standard InChI is InChI=1S/C19H21ClN2O3/c1-3-4-11-25-17-10-9-14(12-18(17)24-2)13-21-22-19(23)15-7-5-6-8-16(15)20/h5-10,12-13H,3-4,11H2,1-2H3,(H,22,23)/b21-13-. The predicted octanol–water partition coefficient (Wildman–Crippen LogP) is 4.29. The van der Waals surface area contributed by atoms with Crippen molar-refractivity contribution in [3.05, 3.63) is 58.6 Å². The first-order valence-electron chi connectivity index (χ1n) is 8.04. The Morgan fingerprint density at radius 1 is 1.24 bits per heavy atom. The molecular formula is C19H21ClN2O3. The molecule has 5 nitrogen and oxygen atoms in total. The Labute approximate surface area is 152 Å². The summed E-state index contributed by atoms with van der Waals surface area (Å²) in [7, 11) is 1.59. The van der Waals surface area contributed by atoms with Crippen molar-refractivity contribution in [2.24, 2.45) is 5.10 Å². The molecule has 0 radical (unpaired) electrons. The minimum Gasteiger partial charge on any atom is -0.493 e. The zero-order valence-electron chi connectivity index (χ0n) is 14.3. The summed E-state index contributed by atoms with van der Waals surface area (Å²) in [5.74, 6) is 0.944. The summed E-state index contributed by atoms with van der Waals surface area (Å²) in [4.78, 5) is 12.0. The van der Waals surface area contributed by atoms with E-state index in [0.717, 1.165) is 18.4 Å². The Kier molecular flexibility index (Phi) is 7.29. The molecule has 0 saturated heterocycles. The van der Waals surface area contributed by atoms with Gasteiger partial charge in [0.25, 0.3) is 5.91 Å². The summed E-state index contributed by atoms with van der Waals surface area (Å²) in [6.45, 7) is 2.76. The molecule has 2 rings (SSSR count). The van der Waals surface area contributed by atoms with Gasteiger partial charge in [0, 0.05) is 0 Å². The number of nitrogens with zero attached hydrogens (tertiary/aromatic N) is 1. The average Bonchev–Trinajstić information content (AvgIpc) is 2.63. The van der Waals surface area contributed by atoms with Crippen LogP contribution in [0.4, 0.5) is 0 Å². The van der Waals surface area contributed by atoms with Crippen molar-refractivity contribution in [3.63, 3.8) is 0 Å². The Balaban J connectivity index is 2.01. The third-order valence-corrected chi connectivity index (χ3v) is 3.77. The fourth-order valence-electron chi connectivity index (χ4n) is 2.08. The van der Waals surface area contributed by atoms with Crippen molar-refractivity contribution in [1.82, 2.24) is 5.43 Å². The van der Waals surface area contributed by atoms with Crippen molar-refractivity contribution in [3.8, 4) is 11.5 Å². The molecule has 0 bridgehead atoms. The van der Waals surface area contributed by atoms with Gasteiger partial charge in [-0.15, -0.1) is 0 Å². The Morgan fingerprint density at radius 2 is 2.04 bits per heavy atom. The van der Waals surface area contributed by atoms with Crippen molar-refractivity contribution in [2.45, 2.75) is 19.8 Å². The van der Waals surface area contributed by atoms with Gasteiger partial charge in [-0.25, -0.2) is 5.43 Å². The maximum absolute atomic E-state index is 12.0. The van der Waals surface area contributed by atoms with E-state index in [1.165, 1.54) is 6.21 Å². The van der Waals surface area contributed by atoms with E-state index in [9.17, 15) is 4.79 Å². The van der Waals surface area contributed by atoms with Gasteiger partial charge < -0.3 is 9.47 Å². The largest absolute Gasteiger partial charge is 0.493 e. The van der Waals surface area contributed by atoms with Crippen LogP contribution in [0.15, 0.2) is 47.6 Å². The van der Waals surface area contributed by atoms with E-state index < -0.39 is 0 Å². The van der Waals surface area contributed by atoms with E-state index in [4.69, 9.17) is 21.1 Å². The Morgan fingerprint density at radius 3 is 2.76 bits per heavy atom. The van der Waals surface area contributed by atoms with Crippen molar-refractivity contribution in [1.29, 1.82) is 0 Å². The number of ether oxygens (including phenoxy) is 2. The highest BCUT2D eigenvalue weighted by molar-refractivity contribution is 6.33. The summed E-state index contributed by atoms with van der Waals surface area (Å²) in [5, 5.41) is 4.34. The number of nitrogens with one attached hydrogen (secondary N) is 1. The summed E-state index contributed by atoms with van der Waals surface area (Å²) < 4.78 is 11.0. The number of methoxy groups -OCH3 is 1. The number of hydrogen-bond donors (Lipinski definition) is 1. The molecule has 0 heterocycles. The molecule has 0 spiro atoms. The number of rotatable bonds is 8. The molecule has 25 heavy (non-hydrogen) atoms. The fraction of sp³-hybridized carbons (Fsp3) is 0.263. The molecule has 0 saturated carbocycles. The number of halogens is 1. The van der Waals surface area contributed by atoms with E-state index in [1.54, 1.807) is 37.4 Å². The van der Waals surface area contributed by atoms with Crippen LogP contribution >= 0.6 is 11.6 Å². The molecular weight excluding hydrogens is 340 g/mol. The highest BCUT2D eigenvalue weighted by atomic mass is 35.5. The number of amides is 1. The maximum Gasteiger partial charge on any atom is 0.272 e. The quantitative estimate of drug-likeness (QED) is 0.434.